The van der Waals surface area contributed by atoms with Gasteiger partial charge < -0.3 is 14.8 Å². The van der Waals surface area contributed by atoms with Crippen molar-refractivity contribution in [1.29, 1.82) is 0 Å². The second-order valence-electron chi connectivity index (χ2n) is 6.05. The van der Waals surface area contributed by atoms with Gasteiger partial charge in [0.15, 0.2) is 6.10 Å². The van der Waals surface area contributed by atoms with Gasteiger partial charge in [0.25, 0.3) is 5.91 Å². The maximum Gasteiger partial charge on any atom is 0.260 e. The van der Waals surface area contributed by atoms with Crippen molar-refractivity contribution in [2.75, 3.05) is 13.2 Å². The normalized spacial score (nSPS) is 11.6. The molecule has 4 heteroatoms. The highest BCUT2D eigenvalue weighted by atomic mass is 16.5. The minimum atomic E-state index is -0.507. The minimum absolute atomic E-state index is 0.0896. The summed E-state index contributed by atoms with van der Waals surface area (Å²) >= 11 is 0. The highest BCUT2D eigenvalue weighted by molar-refractivity contribution is 5.80. The maximum absolute atomic E-state index is 12.1. The van der Waals surface area contributed by atoms with Gasteiger partial charge in [0, 0.05) is 6.54 Å². The molecule has 2 rings (SSSR count). The summed E-state index contributed by atoms with van der Waals surface area (Å²) in [6, 6.07) is 15.8. The van der Waals surface area contributed by atoms with Crippen molar-refractivity contribution < 1.29 is 14.3 Å². The van der Waals surface area contributed by atoms with Crippen LogP contribution in [0.5, 0.6) is 11.5 Å². The summed E-state index contributed by atoms with van der Waals surface area (Å²) in [6.45, 7) is 7.05. The molecule has 0 heterocycles. The van der Waals surface area contributed by atoms with Crippen LogP contribution in [-0.2, 0) is 11.2 Å². The van der Waals surface area contributed by atoms with Crippen molar-refractivity contribution in [3.63, 3.8) is 0 Å². The van der Waals surface area contributed by atoms with Gasteiger partial charge >= 0.3 is 0 Å². The summed E-state index contributed by atoms with van der Waals surface area (Å²) in [5.41, 5.74) is 2.35. The average Bonchev–Trinajstić information content (AvgIpc) is 2.60. The van der Waals surface area contributed by atoms with E-state index in [2.05, 4.69) is 17.4 Å². The van der Waals surface area contributed by atoms with Crippen molar-refractivity contribution in [3.8, 4) is 11.5 Å². The molecule has 0 aliphatic heterocycles. The van der Waals surface area contributed by atoms with Crippen molar-refractivity contribution in [2.24, 2.45) is 0 Å². The number of amides is 1. The molecule has 0 radical (unpaired) electrons. The van der Waals surface area contributed by atoms with Gasteiger partial charge in [0.1, 0.15) is 11.5 Å². The first-order chi connectivity index (χ1) is 12.1. The summed E-state index contributed by atoms with van der Waals surface area (Å²) < 4.78 is 11.1. The predicted octanol–water partition coefficient (Wildman–Crippen LogP) is 3.91. The number of benzene rings is 2. The monoisotopic (exact) mass is 341 g/mol. The van der Waals surface area contributed by atoms with Crippen LogP contribution in [0.15, 0.2) is 48.5 Å². The molecule has 0 aromatic heterocycles. The molecule has 0 saturated heterocycles. The maximum atomic E-state index is 12.1. The number of ether oxygens (including phenoxy) is 2. The lowest BCUT2D eigenvalue weighted by Crippen LogP contribution is -2.36. The van der Waals surface area contributed by atoms with Crippen LogP contribution in [-0.4, -0.2) is 25.2 Å². The molecule has 0 aliphatic rings. The van der Waals surface area contributed by atoms with Gasteiger partial charge in [-0.3, -0.25) is 4.79 Å². The Morgan fingerprint density at radius 3 is 2.56 bits per heavy atom. The SMILES string of the molecule is CCOc1ccc(CCCNC(=O)[C@H](C)Oc2cccc(C)c2)cc1. The van der Waals surface area contributed by atoms with Crippen LogP contribution in [0.25, 0.3) is 0 Å². The van der Waals surface area contributed by atoms with Crippen molar-refractivity contribution in [3.05, 3.63) is 59.7 Å². The average molecular weight is 341 g/mol. The number of carbonyl (C=O) groups excluding carboxylic acids is 1. The first-order valence-electron chi connectivity index (χ1n) is 8.81. The lowest BCUT2D eigenvalue weighted by atomic mass is 10.1. The van der Waals surface area contributed by atoms with E-state index in [1.807, 2.05) is 50.2 Å². The Bertz CT molecular complexity index is 667. The summed E-state index contributed by atoms with van der Waals surface area (Å²) in [5, 5.41) is 2.93. The number of rotatable bonds is 9. The second kappa shape index (κ2) is 9.72. The Hall–Kier alpha value is -2.49. The van der Waals surface area contributed by atoms with Crippen LogP contribution in [0.2, 0.25) is 0 Å². The third kappa shape index (κ3) is 6.49. The van der Waals surface area contributed by atoms with E-state index in [4.69, 9.17) is 9.47 Å². The highest BCUT2D eigenvalue weighted by Crippen LogP contribution is 2.15. The summed E-state index contributed by atoms with van der Waals surface area (Å²) in [6.07, 6.45) is 1.30. The van der Waals surface area contributed by atoms with E-state index >= 15 is 0 Å². The van der Waals surface area contributed by atoms with E-state index in [0.717, 1.165) is 29.9 Å². The molecule has 0 bridgehead atoms. The van der Waals surface area contributed by atoms with Gasteiger partial charge in [-0.25, -0.2) is 0 Å². The molecule has 0 unspecified atom stereocenters. The van der Waals surface area contributed by atoms with E-state index in [9.17, 15) is 4.79 Å². The lowest BCUT2D eigenvalue weighted by Gasteiger charge is -2.15. The lowest BCUT2D eigenvalue weighted by molar-refractivity contribution is -0.127. The van der Waals surface area contributed by atoms with Crippen LogP contribution < -0.4 is 14.8 Å². The minimum Gasteiger partial charge on any atom is -0.494 e. The Morgan fingerprint density at radius 1 is 1.12 bits per heavy atom. The molecule has 2 aromatic carbocycles. The Balaban J connectivity index is 1.69. The first kappa shape index (κ1) is 18.8. The van der Waals surface area contributed by atoms with Crippen molar-refractivity contribution in [2.45, 2.75) is 39.7 Å². The quantitative estimate of drug-likeness (QED) is 0.704. The number of aryl methyl sites for hydroxylation is 2. The number of nitrogens with one attached hydrogen (secondary N) is 1. The fraction of sp³-hybridized carbons (Fsp3) is 0.381. The first-order valence-corrected chi connectivity index (χ1v) is 8.81. The van der Waals surface area contributed by atoms with Gasteiger partial charge in [0.05, 0.1) is 6.61 Å². The van der Waals surface area contributed by atoms with E-state index < -0.39 is 6.10 Å². The van der Waals surface area contributed by atoms with E-state index in [0.29, 0.717) is 13.2 Å². The van der Waals surface area contributed by atoms with Gasteiger partial charge in [0.2, 0.25) is 0 Å². The zero-order valence-corrected chi connectivity index (χ0v) is 15.2. The molecular weight excluding hydrogens is 314 g/mol. The van der Waals surface area contributed by atoms with Crippen molar-refractivity contribution >= 4 is 5.91 Å². The fourth-order valence-corrected chi connectivity index (χ4v) is 2.51. The summed E-state index contributed by atoms with van der Waals surface area (Å²) in [5.74, 6) is 1.52. The number of hydrogen-bond acceptors (Lipinski definition) is 3. The van der Waals surface area contributed by atoms with Crippen LogP contribution >= 0.6 is 0 Å². The second-order valence-corrected chi connectivity index (χ2v) is 6.05. The van der Waals surface area contributed by atoms with Crippen LogP contribution in [0.4, 0.5) is 0 Å². The third-order valence-corrected chi connectivity index (χ3v) is 3.85. The molecule has 0 aliphatic carbocycles. The Morgan fingerprint density at radius 2 is 1.88 bits per heavy atom. The number of hydrogen-bond donors (Lipinski definition) is 1. The zero-order valence-electron chi connectivity index (χ0n) is 15.2. The van der Waals surface area contributed by atoms with Gasteiger partial charge in [-0.2, -0.15) is 0 Å². The molecule has 1 N–H and O–H groups in total. The van der Waals surface area contributed by atoms with E-state index in [1.165, 1.54) is 5.56 Å². The van der Waals surface area contributed by atoms with Crippen molar-refractivity contribution in [1.82, 2.24) is 5.32 Å². The molecule has 134 valence electrons. The fourth-order valence-electron chi connectivity index (χ4n) is 2.51. The molecule has 4 nitrogen and oxygen atoms in total. The molecule has 1 amide bonds. The summed E-state index contributed by atoms with van der Waals surface area (Å²) in [4.78, 5) is 12.1. The smallest absolute Gasteiger partial charge is 0.260 e. The highest BCUT2D eigenvalue weighted by Gasteiger charge is 2.13. The van der Waals surface area contributed by atoms with Crippen LogP contribution in [0.3, 0.4) is 0 Å². The standard InChI is InChI=1S/C21H27NO3/c1-4-24-19-12-10-18(11-13-19)8-6-14-22-21(23)17(3)25-20-9-5-7-16(2)15-20/h5,7,9-13,15,17H,4,6,8,14H2,1-3H3,(H,22,23)/t17-/m0/s1. The molecular formula is C21H27NO3. The molecule has 0 spiro atoms. The van der Waals surface area contributed by atoms with Gasteiger partial charge in [-0.05, 0) is 69.0 Å². The van der Waals surface area contributed by atoms with E-state index in [1.54, 1.807) is 6.92 Å². The largest absolute Gasteiger partial charge is 0.494 e. The van der Waals surface area contributed by atoms with Gasteiger partial charge in [-0.15, -0.1) is 0 Å². The Labute approximate surface area is 150 Å². The molecule has 0 fully saturated rings. The molecule has 25 heavy (non-hydrogen) atoms. The third-order valence-electron chi connectivity index (χ3n) is 3.85. The number of carbonyl (C=O) groups is 1. The Kier molecular flexibility index (Phi) is 7.33. The van der Waals surface area contributed by atoms with E-state index in [-0.39, 0.29) is 5.91 Å². The molecule has 1 atom stereocenters. The zero-order chi connectivity index (χ0) is 18.1. The summed E-state index contributed by atoms with van der Waals surface area (Å²) in [7, 11) is 0. The molecule has 2 aromatic rings. The predicted molar refractivity (Wildman–Crippen MR) is 100 cm³/mol. The van der Waals surface area contributed by atoms with Crippen LogP contribution in [0, 0.1) is 6.92 Å². The molecule has 0 saturated carbocycles. The topological polar surface area (TPSA) is 47.6 Å². The van der Waals surface area contributed by atoms with Crippen LogP contribution in [0.1, 0.15) is 31.4 Å². The van der Waals surface area contributed by atoms with Gasteiger partial charge in [-0.1, -0.05) is 24.3 Å².